The second-order valence-corrected chi connectivity index (χ2v) is 7.50. The first-order valence-corrected chi connectivity index (χ1v) is 8.09. The molecular formula is C17H26ClFN2. The van der Waals surface area contributed by atoms with Gasteiger partial charge < -0.3 is 5.73 Å². The first kappa shape index (κ1) is 16.7. The van der Waals surface area contributed by atoms with Crippen molar-refractivity contribution in [3.05, 3.63) is 34.6 Å². The molecule has 2 nitrogen and oxygen atoms in total. The van der Waals surface area contributed by atoms with Gasteiger partial charge in [-0.3, -0.25) is 4.90 Å². The molecule has 1 fully saturated rings. The average Bonchev–Trinajstić information content (AvgIpc) is 2.41. The highest BCUT2D eigenvalue weighted by Gasteiger charge is 2.31. The summed E-state index contributed by atoms with van der Waals surface area (Å²) in [5, 5.41) is 0.475. The number of nitrogens with zero attached hydrogens (tertiary/aromatic N) is 1. The molecule has 21 heavy (non-hydrogen) atoms. The quantitative estimate of drug-likeness (QED) is 0.904. The van der Waals surface area contributed by atoms with Crippen LogP contribution >= 0.6 is 11.6 Å². The number of halogens is 2. The number of benzene rings is 1. The predicted octanol–water partition coefficient (Wildman–Crippen LogP) is 4.24. The monoisotopic (exact) mass is 312 g/mol. The smallest absolute Gasteiger partial charge is 0.124 e. The third-order valence-electron chi connectivity index (χ3n) is 4.74. The summed E-state index contributed by atoms with van der Waals surface area (Å²) in [4.78, 5) is 2.39. The van der Waals surface area contributed by atoms with E-state index in [1.807, 2.05) is 0 Å². The molecule has 0 saturated carbocycles. The summed E-state index contributed by atoms with van der Waals surface area (Å²) in [5.74, 6) is 0.446. The van der Waals surface area contributed by atoms with E-state index in [1.54, 1.807) is 6.07 Å². The lowest BCUT2D eigenvalue weighted by Gasteiger charge is -2.42. The molecule has 4 heteroatoms. The molecule has 2 rings (SSSR count). The summed E-state index contributed by atoms with van der Waals surface area (Å²) in [7, 11) is 0. The van der Waals surface area contributed by atoms with Crippen LogP contribution in [0.4, 0.5) is 4.39 Å². The largest absolute Gasteiger partial charge is 0.329 e. The van der Waals surface area contributed by atoms with Crippen LogP contribution in [0.25, 0.3) is 0 Å². The fraction of sp³-hybridized carbons (Fsp3) is 0.647. The lowest BCUT2D eigenvalue weighted by Crippen LogP contribution is -2.42. The van der Waals surface area contributed by atoms with Crippen LogP contribution in [0.2, 0.25) is 5.02 Å². The van der Waals surface area contributed by atoms with E-state index < -0.39 is 0 Å². The van der Waals surface area contributed by atoms with Crippen LogP contribution in [-0.2, 0) is 0 Å². The predicted molar refractivity (Wildman–Crippen MR) is 87.0 cm³/mol. The van der Waals surface area contributed by atoms with Gasteiger partial charge in [-0.2, -0.15) is 0 Å². The number of nitrogens with two attached hydrogens (primary N) is 1. The Morgan fingerprint density at radius 2 is 1.95 bits per heavy atom. The fourth-order valence-corrected chi connectivity index (χ4v) is 3.61. The van der Waals surface area contributed by atoms with E-state index in [1.165, 1.54) is 25.0 Å². The molecule has 0 bridgehead atoms. The standard InChI is InChI=1S/C17H26ClFN2/c1-17(2,3)12-6-8-21(9-7-12)16(11-20)14-5-4-13(19)10-15(14)18/h4-5,10,12,16H,6-9,11,20H2,1-3H3. The minimum atomic E-state index is -0.300. The second kappa shape index (κ2) is 6.64. The molecule has 1 atom stereocenters. The van der Waals surface area contributed by atoms with Crippen LogP contribution in [0, 0.1) is 17.2 Å². The zero-order valence-electron chi connectivity index (χ0n) is 13.2. The van der Waals surface area contributed by atoms with Gasteiger partial charge >= 0.3 is 0 Å². The van der Waals surface area contributed by atoms with Gasteiger partial charge in [0.05, 0.1) is 0 Å². The van der Waals surface area contributed by atoms with Crippen molar-refractivity contribution < 1.29 is 4.39 Å². The molecule has 0 spiro atoms. The molecule has 1 unspecified atom stereocenters. The van der Waals surface area contributed by atoms with Crippen molar-refractivity contribution in [2.24, 2.45) is 17.1 Å². The van der Waals surface area contributed by atoms with Crippen molar-refractivity contribution >= 4 is 11.6 Å². The van der Waals surface area contributed by atoms with Gasteiger partial charge in [0.15, 0.2) is 0 Å². The molecule has 118 valence electrons. The van der Waals surface area contributed by atoms with E-state index >= 15 is 0 Å². The number of hydrogen-bond acceptors (Lipinski definition) is 2. The van der Waals surface area contributed by atoms with Gasteiger partial charge in [-0.1, -0.05) is 38.4 Å². The Hall–Kier alpha value is -0.640. The van der Waals surface area contributed by atoms with Gasteiger partial charge in [0.1, 0.15) is 5.82 Å². The van der Waals surface area contributed by atoms with Gasteiger partial charge in [0, 0.05) is 17.6 Å². The molecule has 1 saturated heterocycles. The highest BCUT2D eigenvalue weighted by atomic mass is 35.5. The molecule has 0 aliphatic carbocycles. The zero-order chi connectivity index (χ0) is 15.6. The lowest BCUT2D eigenvalue weighted by atomic mass is 9.75. The summed E-state index contributed by atoms with van der Waals surface area (Å²) in [6.45, 7) is 9.49. The van der Waals surface area contributed by atoms with Crippen LogP contribution in [0.5, 0.6) is 0 Å². The first-order chi connectivity index (χ1) is 9.82. The maximum Gasteiger partial charge on any atom is 0.124 e. The van der Waals surface area contributed by atoms with E-state index in [2.05, 4.69) is 25.7 Å². The van der Waals surface area contributed by atoms with Gasteiger partial charge in [0.2, 0.25) is 0 Å². The minimum absolute atomic E-state index is 0.0824. The van der Waals surface area contributed by atoms with E-state index in [0.29, 0.717) is 17.0 Å². The molecule has 1 aromatic rings. The van der Waals surface area contributed by atoms with Crippen LogP contribution in [0.1, 0.15) is 45.2 Å². The van der Waals surface area contributed by atoms with Gasteiger partial charge in [-0.15, -0.1) is 0 Å². The van der Waals surface area contributed by atoms with Crippen LogP contribution in [0.15, 0.2) is 18.2 Å². The Morgan fingerprint density at radius 1 is 1.33 bits per heavy atom. The zero-order valence-corrected chi connectivity index (χ0v) is 14.0. The van der Waals surface area contributed by atoms with Crippen molar-refractivity contribution in [2.75, 3.05) is 19.6 Å². The van der Waals surface area contributed by atoms with Crippen molar-refractivity contribution in [3.63, 3.8) is 0 Å². The lowest BCUT2D eigenvalue weighted by molar-refractivity contribution is 0.0846. The van der Waals surface area contributed by atoms with Gasteiger partial charge in [-0.05, 0) is 55.0 Å². The van der Waals surface area contributed by atoms with E-state index in [4.69, 9.17) is 17.3 Å². The van der Waals surface area contributed by atoms with Gasteiger partial charge in [-0.25, -0.2) is 4.39 Å². The molecule has 1 aliphatic heterocycles. The Balaban J connectivity index is 2.09. The SMILES string of the molecule is CC(C)(C)C1CCN(C(CN)c2ccc(F)cc2Cl)CC1. The van der Waals surface area contributed by atoms with Gasteiger partial charge in [0.25, 0.3) is 0 Å². The van der Waals surface area contributed by atoms with Crippen molar-refractivity contribution in [1.82, 2.24) is 4.90 Å². The topological polar surface area (TPSA) is 29.3 Å². The van der Waals surface area contributed by atoms with Crippen LogP contribution in [0.3, 0.4) is 0 Å². The Morgan fingerprint density at radius 3 is 2.43 bits per heavy atom. The fourth-order valence-electron chi connectivity index (χ4n) is 3.32. The third kappa shape index (κ3) is 3.97. The number of hydrogen-bond donors (Lipinski definition) is 1. The summed E-state index contributed by atoms with van der Waals surface area (Å²) >= 11 is 6.20. The third-order valence-corrected chi connectivity index (χ3v) is 5.07. The summed E-state index contributed by atoms with van der Waals surface area (Å²) in [5.41, 5.74) is 7.27. The second-order valence-electron chi connectivity index (χ2n) is 7.09. The Kier molecular flexibility index (Phi) is 5.29. The van der Waals surface area contributed by atoms with Crippen molar-refractivity contribution in [3.8, 4) is 0 Å². The van der Waals surface area contributed by atoms with Crippen molar-refractivity contribution in [1.29, 1.82) is 0 Å². The summed E-state index contributed by atoms with van der Waals surface area (Å²) in [6, 6.07) is 4.69. The maximum absolute atomic E-state index is 13.2. The molecule has 2 N–H and O–H groups in total. The highest BCUT2D eigenvalue weighted by Crippen LogP contribution is 2.37. The van der Waals surface area contributed by atoms with Crippen LogP contribution in [-0.4, -0.2) is 24.5 Å². The van der Waals surface area contributed by atoms with Crippen molar-refractivity contribution in [2.45, 2.75) is 39.7 Å². The molecule has 1 aliphatic rings. The molecule has 0 radical (unpaired) electrons. The molecule has 0 aromatic heterocycles. The molecule has 1 aromatic carbocycles. The number of rotatable bonds is 3. The molecule has 1 heterocycles. The van der Waals surface area contributed by atoms with E-state index in [0.717, 1.165) is 24.6 Å². The Labute approximate surface area is 132 Å². The minimum Gasteiger partial charge on any atom is -0.329 e. The molecule has 0 amide bonds. The van der Waals surface area contributed by atoms with Crippen LogP contribution < -0.4 is 5.73 Å². The normalized spacial score (nSPS) is 19.7. The average molecular weight is 313 g/mol. The van der Waals surface area contributed by atoms with E-state index in [9.17, 15) is 4.39 Å². The number of likely N-dealkylation sites (tertiary alicyclic amines) is 1. The van der Waals surface area contributed by atoms with E-state index in [-0.39, 0.29) is 11.9 Å². The Bertz CT molecular complexity index is 476. The summed E-state index contributed by atoms with van der Waals surface area (Å²) < 4.78 is 13.2. The molecular weight excluding hydrogens is 287 g/mol. The highest BCUT2D eigenvalue weighted by molar-refractivity contribution is 6.31. The first-order valence-electron chi connectivity index (χ1n) is 7.72. The summed E-state index contributed by atoms with van der Waals surface area (Å²) in [6.07, 6.45) is 2.36. The maximum atomic E-state index is 13.2. The number of piperidine rings is 1.